The number of rotatable bonds is 5. The van der Waals surface area contributed by atoms with Crippen LogP contribution in [0, 0.1) is 0 Å². The smallest absolute Gasteiger partial charge is 0.193 e. The third kappa shape index (κ3) is 3.15. The number of ether oxygens (including phenoxy) is 1. The van der Waals surface area contributed by atoms with Gasteiger partial charge < -0.3 is 4.74 Å². The van der Waals surface area contributed by atoms with Gasteiger partial charge in [0, 0.05) is 43.8 Å². The van der Waals surface area contributed by atoms with Crippen molar-refractivity contribution in [1.82, 2.24) is 29.5 Å². The minimum atomic E-state index is -0.0608. The fourth-order valence-corrected chi connectivity index (χ4v) is 3.61. The normalized spacial score (nSPS) is 19.6. The third-order valence-electron chi connectivity index (χ3n) is 4.00. The molecule has 4 rings (SSSR count). The van der Waals surface area contributed by atoms with Crippen LogP contribution in [0.1, 0.15) is 36.8 Å². The average Bonchev–Trinajstić information content (AvgIpc) is 3.24. The Kier molecular flexibility index (Phi) is 4.11. The predicted octanol–water partition coefficient (Wildman–Crippen LogP) is 2.04. The fraction of sp³-hybridized carbons (Fsp3) is 0.533. The van der Waals surface area contributed by atoms with Crippen LogP contribution in [0.5, 0.6) is 0 Å². The molecule has 8 heteroatoms. The molecule has 1 aliphatic heterocycles. The average molecular weight is 332 g/mol. The molecule has 0 amide bonds. The van der Waals surface area contributed by atoms with E-state index in [0.29, 0.717) is 6.61 Å². The second-order valence-electron chi connectivity index (χ2n) is 5.81. The summed E-state index contributed by atoms with van der Waals surface area (Å²) in [6.45, 7) is 5.38. The van der Waals surface area contributed by atoms with Crippen LogP contribution in [-0.4, -0.2) is 49.2 Å². The number of thiazole rings is 1. The molecule has 7 nitrogen and oxygen atoms in total. The molecule has 1 N–H and O–H groups in total. The van der Waals surface area contributed by atoms with Gasteiger partial charge >= 0.3 is 0 Å². The summed E-state index contributed by atoms with van der Waals surface area (Å²) in [6.07, 6.45) is 6.07. The van der Waals surface area contributed by atoms with E-state index in [1.165, 1.54) is 0 Å². The molecular formula is C15H20N6OS. The van der Waals surface area contributed by atoms with Crippen molar-refractivity contribution in [2.24, 2.45) is 0 Å². The Balaban J connectivity index is 1.42. The van der Waals surface area contributed by atoms with Crippen molar-refractivity contribution in [1.29, 1.82) is 0 Å². The molecule has 0 spiro atoms. The number of hydrogen-bond donors (Lipinski definition) is 1. The summed E-state index contributed by atoms with van der Waals surface area (Å²) in [4.78, 5) is 12.6. The highest BCUT2D eigenvalue weighted by molar-refractivity contribution is 7.15. The lowest BCUT2D eigenvalue weighted by atomic mass is 10.2. The van der Waals surface area contributed by atoms with Crippen molar-refractivity contribution in [3.63, 3.8) is 0 Å². The van der Waals surface area contributed by atoms with E-state index in [1.807, 2.05) is 11.6 Å². The first kappa shape index (κ1) is 14.8. The minimum absolute atomic E-state index is 0.0608. The van der Waals surface area contributed by atoms with Gasteiger partial charge in [0.25, 0.3) is 0 Å². The number of nitrogens with zero attached hydrogens (tertiary/aromatic N) is 5. The summed E-state index contributed by atoms with van der Waals surface area (Å²) in [5.74, 6) is 1.71. The summed E-state index contributed by atoms with van der Waals surface area (Å²) in [5.41, 5.74) is 1.10. The Morgan fingerprint density at radius 1 is 1.43 bits per heavy atom. The molecule has 0 aliphatic carbocycles. The number of nitrogens with one attached hydrogen (secondary N) is 1. The summed E-state index contributed by atoms with van der Waals surface area (Å²) >= 11 is 1.66. The predicted molar refractivity (Wildman–Crippen MR) is 87.4 cm³/mol. The molecule has 4 heterocycles. The SMILES string of the molecule is CCCc1nc([C@H]2CN(Cc3cn4ccsc4n3)CCO2)n[nH]1. The van der Waals surface area contributed by atoms with Gasteiger partial charge in [0.15, 0.2) is 10.8 Å². The van der Waals surface area contributed by atoms with Gasteiger partial charge in [0.1, 0.15) is 11.9 Å². The maximum absolute atomic E-state index is 5.86. The zero-order valence-corrected chi connectivity index (χ0v) is 13.9. The molecule has 23 heavy (non-hydrogen) atoms. The van der Waals surface area contributed by atoms with E-state index in [-0.39, 0.29) is 6.10 Å². The number of H-pyrrole nitrogens is 1. The lowest BCUT2D eigenvalue weighted by Crippen LogP contribution is -2.38. The number of morpholine rings is 1. The van der Waals surface area contributed by atoms with E-state index in [1.54, 1.807) is 11.3 Å². The van der Waals surface area contributed by atoms with Crippen LogP contribution in [0.25, 0.3) is 4.96 Å². The van der Waals surface area contributed by atoms with Crippen LogP contribution in [0.2, 0.25) is 0 Å². The highest BCUT2D eigenvalue weighted by Gasteiger charge is 2.25. The first-order valence-electron chi connectivity index (χ1n) is 7.98. The van der Waals surface area contributed by atoms with E-state index < -0.39 is 0 Å². The quantitative estimate of drug-likeness (QED) is 0.774. The van der Waals surface area contributed by atoms with Crippen molar-refractivity contribution in [3.05, 3.63) is 35.1 Å². The molecule has 3 aromatic heterocycles. The standard InChI is InChI=1S/C15H20N6OS/c1-2-3-13-17-14(19-18-13)12-10-20(4-6-22-12)8-11-9-21-5-7-23-15(21)16-11/h5,7,9,12H,2-4,6,8,10H2,1H3,(H,17,18,19)/t12-/m1/s1. The topological polar surface area (TPSA) is 71.3 Å². The van der Waals surface area contributed by atoms with Crippen LogP contribution in [-0.2, 0) is 17.7 Å². The summed E-state index contributed by atoms with van der Waals surface area (Å²) in [7, 11) is 0. The van der Waals surface area contributed by atoms with E-state index >= 15 is 0 Å². The molecular weight excluding hydrogens is 312 g/mol. The second-order valence-corrected chi connectivity index (χ2v) is 6.68. The van der Waals surface area contributed by atoms with Gasteiger partial charge in [-0.3, -0.25) is 14.4 Å². The maximum Gasteiger partial charge on any atom is 0.193 e. The van der Waals surface area contributed by atoms with E-state index in [9.17, 15) is 0 Å². The van der Waals surface area contributed by atoms with Gasteiger partial charge in [-0.25, -0.2) is 9.97 Å². The Morgan fingerprint density at radius 2 is 2.39 bits per heavy atom. The lowest BCUT2D eigenvalue weighted by Gasteiger charge is -2.30. The lowest BCUT2D eigenvalue weighted by molar-refractivity contribution is -0.0373. The molecule has 0 unspecified atom stereocenters. The molecule has 0 saturated carbocycles. The summed E-state index contributed by atoms with van der Waals surface area (Å²) in [5, 5.41) is 9.38. The minimum Gasteiger partial charge on any atom is -0.367 e. The Morgan fingerprint density at radius 3 is 3.26 bits per heavy atom. The first-order chi connectivity index (χ1) is 11.3. The number of imidazole rings is 1. The molecule has 1 saturated heterocycles. The number of hydrogen-bond acceptors (Lipinski definition) is 6. The maximum atomic E-state index is 5.86. The van der Waals surface area contributed by atoms with Crippen molar-refractivity contribution in [2.45, 2.75) is 32.4 Å². The summed E-state index contributed by atoms with van der Waals surface area (Å²) < 4.78 is 7.93. The van der Waals surface area contributed by atoms with Gasteiger partial charge in [-0.1, -0.05) is 6.92 Å². The van der Waals surface area contributed by atoms with E-state index in [2.05, 4.69) is 42.6 Å². The van der Waals surface area contributed by atoms with Crippen LogP contribution < -0.4 is 0 Å². The van der Waals surface area contributed by atoms with Gasteiger partial charge in [-0.05, 0) is 6.42 Å². The second kappa shape index (κ2) is 6.38. The number of aryl methyl sites for hydroxylation is 1. The van der Waals surface area contributed by atoms with Crippen molar-refractivity contribution < 1.29 is 4.74 Å². The highest BCUT2D eigenvalue weighted by Crippen LogP contribution is 2.21. The van der Waals surface area contributed by atoms with Crippen molar-refractivity contribution in [3.8, 4) is 0 Å². The Labute approximate surface area is 138 Å². The monoisotopic (exact) mass is 332 g/mol. The van der Waals surface area contributed by atoms with Gasteiger partial charge in [-0.2, -0.15) is 5.10 Å². The van der Waals surface area contributed by atoms with Crippen molar-refractivity contribution >= 4 is 16.3 Å². The van der Waals surface area contributed by atoms with Gasteiger partial charge in [0.2, 0.25) is 0 Å². The zero-order chi connectivity index (χ0) is 15.6. The number of aromatic amines is 1. The molecule has 0 aromatic carbocycles. The highest BCUT2D eigenvalue weighted by atomic mass is 32.1. The van der Waals surface area contributed by atoms with Crippen LogP contribution in [0.3, 0.4) is 0 Å². The molecule has 0 radical (unpaired) electrons. The molecule has 3 aromatic rings. The van der Waals surface area contributed by atoms with E-state index in [4.69, 9.17) is 4.74 Å². The first-order valence-corrected chi connectivity index (χ1v) is 8.86. The molecule has 0 bridgehead atoms. The fourth-order valence-electron chi connectivity index (χ4n) is 2.89. The number of fused-ring (bicyclic) bond motifs is 1. The van der Waals surface area contributed by atoms with Crippen LogP contribution >= 0.6 is 11.3 Å². The van der Waals surface area contributed by atoms with E-state index in [0.717, 1.165) is 54.8 Å². The van der Waals surface area contributed by atoms with Crippen LogP contribution in [0.15, 0.2) is 17.8 Å². The number of aromatic nitrogens is 5. The molecule has 1 atom stereocenters. The van der Waals surface area contributed by atoms with Gasteiger partial charge in [-0.15, -0.1) is 11.3 Å². The molecule has 1 aliphatic rings. The Bertz CT molecular complexity index is 749. The van der Waals surface area contributed by atoms with Crippen LogP contribution in [0.4, 0.5) is 0 Å². The van der Waals surface area contributed by atoms with Gasteiger partial charge in [0.05, 0.1) is 12.3 Å². The Hall–Kier alpha value is -1.77. The largest absolute Gasteiger partial charge is 0.367 e. The third-order valence-corrected chi connectivity index (χ3v) is 4.77. The summed E-state index contributed by atoms with van der Waals surface area (Å²) in [6, 6.07) is 0. The molecule has 122 valence electrons. The zero-order valence-electron chi connectivity index (χ0n) is 13.1. The molecule has 1 fully saturated rings. The van der Waals surface area contributed by atoms with Crippen molar-refractivity contribution in [2.75, 3.05) is 19.7 Å².